The van der Waals surface area contributed by atoms with Gasteiger partial charge >= 0.3 is 0 Å². The minimum absolute atomic E-state index is 0.160. The number of methoxy groups -OCH3 is 1. The first kappa shape index (κ1) is 17.6. The number of hydrogen-bond acceptors (Lipinski definition) is 4. The van der Waals surface area contributed by atoms with Crippen LogP contribution < -0.4 is 5.32 Å². The molecule has 0 bridgehead atoms. The van der Waals surface area contributed by atoms with Gasteiger partial charge in [0.1, 0.15) is 0 Å². The lowest BCUT2D eigenvalue weighted by Gasteiger charge is -2.19. The fourth-order valence-electron chi connectivity index (χ4n) is 1.68. The Morgan fingerprint density at radius 2 is 1.90 bits per heavy atom. The van der Waals surface area contributed by atoms with Gasteiger partial charge in [0.15, 0.2) is 0 Å². The molecule has 6 nitrogen and oxygen atoms in total. The van der Waals surface area contributed by atoms with Crippen LogP contribution in [0.1, 0.15) is 11.1 Å². The third-order valence-electron chi connectivity index (χ3n) is 2.94. The molecule has 1 N–H and O–H groups in total. The molecule has 0 aromatic heterocycles. The fourth-order valence-corrected chi connectivity index (χ4v) is 2.44. The minimum atomic E-state index is -3.43. The Kier molecular flexibility index (Phi) is 6.80. The van der Waals surface area contributed by atoms with Crippen molar-refractivity contribution in [2.75, 3.05) is 33.1 Å². The lowest BCUT2D eigenvalue weighted by molar-refractivity contribution is -0.121. The van der Waals surface area contributed by atoms with Crippen molar-refractivity contribution in [1.29, 1.82) is 0 Å². The molecule has 1 aromatic rings. The summed E-state index contributed by atoms with van der Waals surface area (Å²) in [5, 5.41) is 2.71. The van der Waals surface area contributed by atoms with Gasteiger partial charge in [-0.25, -0.2) is 8.42 Å². The monoisotopic (exact) mass is 314 g/mol. The number of rotatable bonds is 8. The van der Waals surface area contributed by atoms with Crippen LogP contribution in [0.5, 0.6) is 0 Å². The largest absolute Gasteiger partial charge is 0.383 e. The van der Waals surface area contributed by atoms with Crippen molar-refractivity contribution in [3.63, 3.8) is 0 Å². The third-order valence-corrected chi connectivity index (χ3v) is 4.19. The van der Waals surface area contributed by atoms with Crippen LogP contribution in [0.4, 0.5) is 0 Å². The van der Waals surface area contributed by atoms with Crippen molar-refractivity contribution < 1.29 is 17.9 Å². The van der Waals surface area contributed by atoms with E-state index < -0.39 is 10.0 Å². The van der Waals surface area contributed by atoms with Gasteiger partial charge in [-0.2, -0.15) is 4.31 Å². The highest BCUT2D eigenvalue weighted by Crippen LogP contribution is 2.03. The molecule has 0 heterocycles. The summed E-state index contributed by atoms with van der Waals surface area (Å²) in [6.07, 6.45) is 1.08. The fraction of sp³-hybridized carbons (Fsp3) is 0.500. The molecule has 118 valence electrons. The summed E-state index contributed by atoms with van der Waals surface area (Å²) < 4.78 is 29.1. The molecule has 1 rings (SSSR count). The summed E-state index contributed by atoms with van der Waals surface area (Å²) in [7, 11) is -1.94. The SMILES string of the molecule is COCCN(CC(=O)NCc1ccc(C)cc1)S(C)(=O)=O. The molecule has 0 aliphatic heterocycles. The molecular formula is C14H22N2O4S. The number of carbonyl (C=O) groups is 1. The molecule has 0 aliphatic carbocycles. The van der Waals surface area contributed by atoms with Gasteiger partial charge in [-0.15, -0.1) is 0 Å². The second-order valence-corrected chi connectivity index (χ2v) is 6.83. The Labute approximate surface area is 126 Å². The van der Waals surface area contributed by atoms with Crippen LogP contribution in [0.25, 0.3) is 0 Å². The Bertz CT molecular complexity index is 555. The second-order valence-electron chi connectivity index (χ2n) is 4.85. The first-order valence-electron chi connectivity index (χ1n) is 6.59. The minimum Gasteiger partial charge on any atom is -0.383 e. The summed E-state index contributed by atoms with van der Waals surface area (Å²) in [5.74, 6) is -0.336. The van der Waals surface area contributed by atoms with Crippen molar-refractivity contribution in [3.8, 4) is 0 Å². The van der Waals surface area contributed by atoms with Crippen LogP contribution in [0.2, 0.25) is 0 Å². The molecule has 1 aromatic carbocycles. The molecule has 0 atom stereocenters. The standard InChI is InChI=1S/C14H22N2O4S/c1-12-4-6-13(7-5-12)10-15-14(17)11-16(8-9-20-2)21(3,18)19/h4-7H,8-11H2,1-3H3,(H,15,17). The molecule has 21 heavy (non-hydrogen) atoms. The molecule has 0 spiro atoms. The molecule has 1 amide bonds. The van der Waals surface area contributed by atoms with Gasteiger partial charge in [0.2, 0.25) is 15.9 Å². The summed E-state index contributed by atoms with van der Waals surface area (Å²) in [6, 6.07) is 7.77. The Hall–Kier alpha value is -1.44. The van der Waals surface area contributed by atoms with Crippen molar-refractivity contribution in [2.45, 2.75) is 13.5 Å². The number of ether oxygens (including phenoxy) is 1. The normalized spacial score (nSPS) is 11.6. The van der Waals surface area contributed by atoms with Crippen LogP contribution in [0, 0.1) is 6.92 Å². The van der Waals surface area contributed by atoms with Crippen LogP contribution in [-0.2, 0) is 26.1 Å². The van der Waals surface area contributed by atoms with Crippen molar-refractivity contribution in [1.82, 2.24) is 9.62 Å². The molecule has 0 radical (unpaired) electrons. The Morgan fingerprint density at radius 1 is 1.29 bits per heavy atom. The van der Waals surface area contributed by atoms with E-state index in [1.165, 1.54) is 7.11 Å². The van der Waals surface area contributed by atoms with E-state index in [4.69, 9.17) is 4.74 Å². The van der Waals surface area contributed by atoms with Gasteiger partial charge in [-0.3, -0.25) is 4.79 Å². The first-order valence-corrected chi connectivity index (χ1v) is 8.44. The number of amides is 1. The smallest absolute Gasteiger partial charge is 0.235 e. The van der Waals surface area contributed by atoms with Gasteiger partial charge in [-0.05, 0) is 12.5 Å². The topological polar surface area (TPSA) is 75.7 Å². The molecule has 7 heteroatoms. The molecule has 0 aliphatic rings. The van der Waals surface area contributed by atoms with Crippen LogP contribution >= 0.6 is 0 Å². The highest BCUT2D eigenvalue weighted by atomic mass is 32.2. The third kappa shape index (κ3) is 6.70. The zero-order chi connectivity index (χ0) is 15.9. The van der Waals surface area contributed by atoms with E-state index in [1.54, 1.807) is 0 Å². The summed E-state index contributed by atoms with van der Waals surface area (Å²) in [5.41, 5.74) is 2.12. The summed E-state index contributed by atoms with van der Waals surface area (Å²) in [6.45, 7) is 2.57. The molecular weight excluding hydrogens is 292 g/mol. The number of benzene rings is 1. The zero-order valence-electron chi connectivity index (χ0n) is 12.6. The highest BCUT2D eigenvalue weighted by Gasteiger charge is 2.19. The average molecular weight is 314 g/mol. The predicted octanol–water partition coefficient (Wildman–Crippen LogP) is 0.519. The maximum atomic E-state index is 11.8. The van der Waals surface area contributed by atoms with E-state index in [1.807, 2.05) is 31.2 Å². The van der Waals surface area contributed by atoms with Crippen LogP contribution in [-0.4, -0.2) is 51.7 Å². The number of aryl methyl sites for hydroxylation is 1. The average Bonchev–Trinajstić information content (AvgIpc) is 2.41. The summed E-state index contributed by atoms with van der Waals surface area (Å²) in [4.78, 5) is 11.8. The zero-order valence-corrected chi connectivity index (χ0v) is 13.4. The van der Waals surface area contributed by atoms with E-state index >= 15 is 0 Å². The van der Waals surface area contributed by atoms with Crippen molar-refractivity contribution in [2.24, 2.45) is 0 Å². The molecule has 0 unspecified atom stereocenters. The lowest BCUT2D eigenvalue weighted by atomic mass is 10.1. The van der Waals surface area contributed by atoms with Crippen LogP contribution in [0.3, 0.4) is 0 Å². The van der Waals surface area contributed by atoms with E-state index in [0.717, 1.165) is 21.7 Å². The molecule has 0 saturated carbocycles. The van der Waals surface area contributed by atoms with E-state index in [0.29, 0.717) is 6.54 Å². The Morgan fingerprint density at radius 3 is 2.43 bits per heavy atom. The number of carbonyl (C=O) groups excluding carboxylic acids is 1. The Balaban J connectivity index is 2.52. The van der Waals surface area contributed by atoms with E-state index in [9.17, 15) is 13.2 Å². The van der Waals surface area contributed by atoms with Gasteiger partial charge in [0, 0.05) is 20.2 Å². The van der Waals surface area contributed by atoms with Gasteiger partial charge in [0.05, 0.1) is 19.4 Å². The number of nitrogens with one attached hydrogen (secondary N) is 1. The van der Waals surface area contributed by atoms with Gasteiger partial charge in [-0.1, -0.05) is 29.8 Å². The van der Waals surface area contributed by atoms with Crippen LogP contribution in [0.15, 0.2) is 24.3 Å². The molecule has 0 fully saturated rings. The van der Waals surface area contributed by atoms with E-state index in [-0.39, 0.29) is 25.6 Å². The number of nitrogens with zero attached hydrogens (tertiary/aromatic N) is 1. The predicted molar refractivity (Wildman–Crippen MR) is 81.3 cm³/mol. The van der Waals surface area contributed by atoms with Crippen molar-refractivity contribution in [3.05, 3.63) is 35.4 Å². The summed E-state index contributed by atoms with van der Waals surface area (Å²) >= 11 is 0. The first-order chi connectivity index (χ1) is 9.82. The van der Waals surface area contributed by atoms with E-state index in [2.05, 4.69) is 5.32 Å². The number of sulfonamides is 1. The highest BCUT2D eigenvalue weighted by molar-refractivity contribution is 7.88. The van der Waals surface area contributed by atoms with Gasteiger partial charge in [0.25, 0.3) is 0 Å². The molecule has 0 saturated heterocycles. The number of hydrogen-bond donors (Lipinski definition) is 1. The van der Waals surface area contributed by atoms with Crippen molar-refractivity contribution >= 4 is 15.9 Å². The lowest BCUT2D eigenvalue weighted by Crippen LogP contribution is -2.41. The quantitative estimate of drug-likeness (QED) is 0.759. The maximum absolute atomic E-state index is 11.8. The second kappa shape index (κ2) is 8.11. The maximum Gasteiger partial charge on any atom is 0.235 e. The van der Waals surface area contributed by atoms with Gasteiger partial charge < -0.3 is 10.1 Å².